The van der Waals surface area contributed by atoms with Crippen LogP contribution in [-0.4, -0.2) is 43.8 Å². The normalized spacial score (nSPS) is 24.9. The Kier molecular flexibility index (Phi) is 7.01. The first-order valence-corrected chi connectivity index (χ1v) is 8.40. The van der Waals surface area contributed by atoms with Crippen molar-refractivity contribution in [1.29, 1.82) is 0 Å². The Bertz CT molecular complexity index is 330. The first kappa shape index (κ1) is 18.0. The highest BCUT2D eigenvalue weighted by Gasteiger charge is 2.54. The molecule has 1 fully saturated rings. The number of alkyl halides is 2. The zero-order valence-electron chi connectivity index (χ0n) is 11.9. The third-order valence-corrected chi connectivity index (χ3v) is 5.55. The van der Waals surface area contributed by atoms with Gasteiger partial charge in [-0.25, -0.2) is 0 Å². The van der Waals surface area contributed by atoms with Crippen LogP contribution in [0.2, 0.25) is 0 Å². The highest BCUT2D eigenvalue weighted by atomic mass is 31.2. The minimum absolute atomic E-state index is 0.107. The molecule has 1 aliphatic rings. The van der Waals surface area contributed by atoms with Crippen LogP contribution in [-0.2, 0) is 18.3 Å². The second kappa shape index (κ2) is 7.80. The van der Waals surface area contributed by atoms with Gasteiger partial charge in [-0.1, -0.05) is 0 Å². The largest absolute Gasteiger partial charge is 0.399 e. The molecule has 20 heavy (non-hydrogen) atoms. The van der Waals surface area contributed by atoms with Crippen molar-refractivity contribution in [2.45, 2.75) is 32.4 Å². The van der Waals surface area contributed by atoms with Gasteiger partial charge in [0.25, 0.3) is 0 Å². The molecule has 0 amide bonds. The predicted octanol–water partition coefficient (Wildman–Crippen LogP) is 2.88. The van der Waals surface area contributed by atoms with Crippen molar-refractivity contribution in [3.05, 3.63) is 0 Å². The van der Waals surface area contributed by atoms with Crippen molar-refractivity contribution in [2.24, 2.45) is 11.8 Å². The number of ether oxygens (including phenoxy) is 1. The zero-order chi connectivity index (χ0) is 15.2. The molecule has 0 radical (unpaired) electrons. The summed E-state index contributed by atoms with van der Waals surface area (Å²) in [7, 11) is -4.48. The van der Waals surface area contributed by atoms with Gasteiger partial charge in [0.1, 0.15) is 0 Å². The number of aliphatic hydroxyl groups excluding tert-OH is 1. The van der Waals surface area contributed by atoms with Gasteiger partial charge in [-0.2, -0.15) is 8.78 Å². The molecular weight excluding hydrogens is 293 g/mol. The molecule has 8 heteroatoms. The van der Waals surface area contributed by atoms with E-state index in [4.69, 9.17) is 13.8 Å². The van der Waals surface area contributed by atoms with E-state index in [0.717, 1.165) is 0 Å². The van der Waals surface area contributed by atoms with Gasteiger partial charge in [0.15, 0.2) is 0 Å². The van der Waals surface area contributed by atoms with Crippen molar-refractivity contribution >= 4 is 7.60 Å². The lowest BCUT2D eigenvalue weighted by atomic mass is 9.86. The zero-order valence-corrected chi connectivity index (χ0v) is 12.8. The van der Waals surface area contributed by atoms with Crippen LogP contribution < -0.4 is 0 Å². The van der Waals surface area contributed by atoms with Crippen molar-refractivity contribution in [3.8, 4) is 0 Å². The number of aliphatic hydroxyl groups is 1. The highest BCUT2D eigenvalue weighted by molar-refractivity contribution is 7.55. The molecule has 0 saturated carbocycles. The maximum absolute atomic E-state index is 14.3. The van der Waals surface area contributed by atoms with Crippen LogP contribution in [0.15, 0.2) is 0 Å². The fourth-order valence-electron chi connectivity index (χ4n) is 2.31. The molecule has 0 aliphatic carbocycles. The van der Waals surface area contributed by atoms with Gasteiger partial charge in [0, 0.05) is 25.6 Å². The van der Waals surface area contributed by atoms with E-state index in [1.807, 2.05) is 0 Å². The predicted molar refractivity (Wildman–Crippen MR) is 69.9 cm³/mol. The van der Waals surface area contributed by atoms with Crippen LogP contribution in [0.3, 0.4) is 0 Å². The van der Waals surface area contributed by atoms with E-state index < -0.39 is 25.6 Å². The lowest BCUT2D eigenvalue weighted by molar-refractivity contribution is -0.0477. The van der Waals surface area contributed by atoms with Gasteiger partial charge >= 0.3 is 13.3 Å². The Hall–Kier alpha value is -0.0700. The van der Waals surface area contributed by atoms with Gasteiger partial charge in [0.2, 0.25) is 0 Å². The van der Waals surface area contributed by atoms with Gasteiger partial charge in [-0.15, -0.1) is 0 Å². The van der Waals surface area contributed by atoms with E-state index in [9.17, 15) is 18.5 Å². The van der Waals surface area contributed by atoms with Crippen LogP contribution in [0.5, 0.6) is 0 Å². The molecule has 1 saturated heterocycles. The maximum atomic E-state index is 14.3. The molecular formula is C12H23F2O5P. The van der Waals surface area contributed by atoms with E-state index in [2.05, 4.69) is 0 Å². The van der Waals surface area contributed by atoms with Gasteiger partial charge in [-0.3, -0.25) is 4.57 Å². The lowest BCUT2D eigenvalue weighted by Gasteiger charge is -2.34. The molecule has 120 valence electrons. The smallest absolute Gasteiger partial charge is 0.396 e. The summed E-state index contributed by atoms with van der Waals surface area (Å²) in [6.07, 6.45) is -0.224. The summed E-state index contributed by atoms with van der Waals surface area (Å²) in [6.45, 7) is 3.15. The molecule has 0 unspecified atom stereocenters. The topological polar surface area (TPSA) is 65.0 Å². The number of rotatable bonds is 8. The molecule has 0 bridgehead atoms. The first-order valence-electron chi connectivity index (χ1n) is 6.85. The lowest BCUT2D eigenvalue weighted by Crippen LogP contribution is -2.35. The number of hydrogen-bond donors (Lipinski definition) is 1. The summed E-state index contributed by atoms with van der Waals surface area (Å²) in [5.41, 5.74) is -3.56. The van der Waals surface area contributed by atoms with Gasteiger partial charge < -0.3 is 18.9 Å². The fourth-order valence-corrected chi connectivity index (χ4v) is 3.90. The molecule has 0 aromatic rings. The van der Waals surface area contributed by atoms with Crippen LogP contribution in [0.25, 0.3) is 0 Å². The second-order valence-corrected chi connectivity index (χ2v) is 6.93. The highest BCUT2D eigenvalue weighted by Crippen LogP contribution is 2.64. The van der Waals surface area contributed by atoms with Crippen molar-refractivity contribution in [1.82, 2.24) is 0 Å². The molecule has 2 atom stereocenters. The average Bonchev–Trinajstić information content (AvgIpc) is 2.39. The minimum Gasteiger partial charge on any atom is -0.396 e. The van der Waals surface area contributed by atoms with Crippen molar-refractivity contribution in [3.63, 3.8) is 0 Å². The number of halogens is 2. The van der Waals surface area contributed by atoms with E-state index >= 15 is 0 Å². The SMILES string of the molecule is CCOP(=O)(OCC)C(F)(F)C[C@H]1CCOC[C@H]1CO. The number of hydrogen-bond acceptors (Lipinski definition) is 5. The van der Waals surface area contributed by atoms with E-state index in [0.29, 0.717) is 13.0 Å². The van der Waals surface area contributed by atoms with Crippen molar-refractivity contribution < 1.29 is 32.2 Å². The van der Waals surface area contributed by atoms with E-state index in [1.165, 1.54) is 13.8 Å². The Morgan fingerprint density at radius 1 is 1.30 bits per heavy atom. The average molecular weight is 316 g/mol. The quantitative estimate of drug-likeness (QED) is 0.698. The summed E-state index contributed by atoms with van der Waals surface area (Å²) in [5, 5.41) is 9.21. The van der Waals surface area contributed by atoms with Crippen LogP contribution in [0, 0.1) is 11.8 Å². The van der Waals surface area contributed by atoms with Crippen molar-refractivity contribution in [2.75, 3.05) is 33.0 Å². The molecule has 0 spiro atoms. The minimum atomic E-state index is -4.48. The molecule has 1 heterocycles. The molecule has 1 N–H and O–H groups in total. The Balaban J connectivity index is 2.81. The maximum Gasteiger partial charge on any atom is 0.399 e. The molecule has 1 rings (SSSR count). The van der Waals surface area contributed by atoms with Crippen LogP contribution in [0.1, 0.15) is 26.7 Å². The fraction of sp³-hybridized carbons (Fsp3) is 1.00. The standard InChI is InChI=1S/C12H23F2O5P/c1-3-18-20(16,19-4-2)12(13,14)7-10-5-6-17-9-11(10)8-15/h10-11,15H,3-9H2,1-2H3/t10-,11-/m1/s1. The second-order valence-electron chi connectivity index (χ2n) is 4.77. The Labute approximate surface area is 118 Å². The summed E-state index contributed by atoms with van der Waals surface area (Å²) in [5.74, 6) is -0.829. The van der Waals surface area contributed by atoms with Gasteiger partial charge in [0.05, 0.1) is 19.8 Å². The third-order valence-electron chi connectivity index (χ3n) is 3.37. The molecule has 1 aliphatic heterocycles. The van der Waals surface area contributed by atoms with Gasteiger partial charge in [-0.05, 0) is 26.2 Å². The third kappa shape index (κ3) is 4.21. The summed E-state index contributed by atoms with van der Waals surface area (Å²) >= 11 is 0. The van der Waals surface area contributed by atoms with Crippen LogP contribution >= 0.6 is 7.60 Å². The van der Waals surface area contributed by atoms with E-state index in [1.54, 1.807) is 0 Å². The first-order chi connectivity index (χ1) is 9.40. The summed E-state index contributed by atoms with van der Waals surface area (Å²) < 4.78 is 55.5. The van der Waals surface area contributed by atoms with E-state index in [-0.39, 0.29) is 32.3 Å². The Morgan fingerprint density at radius 3 is 2.40 bits per heavy atom. The molecule has 5 nitrogen and oxygen atoms in total. The Morgan fingerprint density at radius 2 is 1.90 bits per heavy atom. The monoisotopic (exact) mass is 316 g/mol. The van der Waals surface area contributed by atoms with Crippen LogP contribution in [0.4, 0.5) is 8.78 Å². The molecule has 0 aromatic carbocycles. The molecule has 0 aromatic heterocycles. The summed E-state index contributed by atoms with van der Waals surface area (Å²) in [4.78, 5) is 0. The summed E-state index contributed by atoms with van der Waals surface area (Å²) in [6, 6.07) is 0.